The number of rotatable bonds is 3. The maximum Gasteiger partial charge on any atom is 0.164 e. The molecule has 0 unspecified atom stereocenters. The maximum absolute atomic E-state index is 11.6. The molecule has 0 atom stereocenters. The van der Waals surface area contributed by atoms with E-state index >= 15 is 0 Å². The molecule has 0 amide bonds. The smallest absolute Gasteiger partial charge is 0.164 e. The SMILES string of the molecule is O=C(CCCl)c1ccc2c(c1)CCCO2. The third kappa shape index (κ3) is 2.32. The predicted molar refractivity (Wildman–Crippen MR) is 59.9 cm³/mol. The highest BCUT2D eigenvalue weighted by atomic mass is 35.5. The van der Waals surface area contributed by atoms with Gasteiger partial charge in [0.25, 0.3) is 0 Å². The number of carbonyl (C=O) groups is 1. The largest absolute Gasteiger partial charge is 0.493 e. The fourth-order valence-corrected chi connectivity index (χ4v) is 1.94. The Labute approximate surface area is 94.2 Å². The fraction of sp³-hybridized carbons (Fsp3) is 0.417. The lowest BCUT2D eigenvalue weighted by Crippen LogP contribution is -2.09. The number of aryl methyl sites for hydroxylation is 1. The zero-order valence-electron chi connectivity index (χ0n) is 8.46. The Kier molecular flexibility index (Phi) is 3.27. The van der Waals surface area contributed by atoms with Gasteiger partial charge in [0, 0.05) is 17.9 Å². The molecule has 1 aliphatic heterocycles. The number of benzene rings is 1. The van der Waals surface area contributed by atoms with Crippen molar-refractivity contribution in [3.05, 3.63) is 29.3 Å². The number of hydrogen-bond acceptors (Lipinski definition) is 2. The second-order valence-electron chi connectivity index (χ2n) is 3.64. The predicted octanol–water partition coefficient (Wildman–Crippen LogP) is 2.82. The van der Waals surface area contributed by atoms with Gasteiger partial charge in [0.05, 0.1) is 6.61 Å². The first-order chi connectivity index (χ1) is 7.31. The van der Waals surface area contributed by atoms with E-state index in [1.807, 2.05) is 18.2 Å². The van der Waals surface area contributed by atoms with Crippen LogP contribution in [0.4, 0.5) is 0 Å². The summed E-state index contributed by atoms with van der Waals surface area (Å²) < 4.78 is 5.48. The molecule has 0 radical (unpaired) electrons. The number of fused-ring (bicyclic) bond motifs is 1. The summed E-state index contributed by atoms with van der Waals surface area (Å²) in [6.07, 6.45) is 2.43. The van der Waals surface area contributed by atoms with Crippen molar-refractivity contribution in [3.8, 4) is 5.75 Å². The van der Waals surface area contributed by atoms with Crippen molar-refractivity contribution >= 4 is 17.4 Å². The molecule has 0 aliphatic carbocycles. The van der Waals surface area contributed by atoms with Gasteiger partial charge in [-0.1, -0.05) is 0 Å². The van der Waals surface area contributed by atoms with E-state index in [-0.39, 0.29) is 5.78 Å². The van der Waals surface area contributed by atoms with Crippen LogP contribution in [-0.4, -0.2) is 18.3 Å². The minimum absolute atomic E-state index is 0.110. The molecule has 0 bridgehead atoms. The minimum atomic E-state index is 0.110. The van der Waals surface area contributed by atoms with Gasteiger partial charge in [-0.25, -0.2) is 0 Å². The molecule has 2 rings (SSSR count). The van der Waals surface area contributed by atoms with Crippen LogP contribution >= 0.6 is 11.6 Å². The van der Waals surface area contributed by atoms with Crippen molar-refractivity contribution in [2.75, 3.05) is 12.5 Å². The second-order valence-corrected chi connectivity index (χ2v) is 4.01. The van der Waals surface area contributed by atoms with E-state index in [9.17, 15) is 4.79 Å². The average Bonchev–Trinajstić information content (AvgIpc) is 2.29. The number of Topliss-reactive ketones (excluding diaryl/α,β-unsaturated/α-hetero) is 1. The Balaban J connectivity index is 2.24. The summed E-state index contributed by atoms with van der Waals surface area (Å²) in [4.78, 5) is 11.6. The first-order valence-electron chi connectivity index (χ1n) is 5.16. The highest BCUT2D eigenvalue weighted by Crippen LogP contribution is 2.25. The van der Waals surface area contributed by atoms with Crippen molar-refractivity contribution in [3.63, 3.8) is 0 Å². The van der Waals surface area contributed by atoms with E-state index < -0.39 is 0 Å². The molecule has 0 fully saturated rings. The van der Waals surface area contributed by atoms with Crippen LogP contribution in [-0.2, 0) is 6.42 Å². The molecule has 0 aromatic heterocycles. The van der Waals surface area contributed by atoms with Crippen LogP contribution in [0.15, 0.2) is 18.2 Å². The second kappa shape index (κ2) is 4.67. The minimum Gasteiger partial charge on any atom is -0.493 e. The quantitative estimate of drug-likeness (QED) is 0.583. The van der Waals surface area contributed by atoms with Crippen molar-refractivity contribution in [2.45, 2.75) is 19.3 Å². The Morgan fingerprint density at radius 1 is 1.47 bits per heavy atom. The third-order valence-corrected chi connectivity index (χ3v) is 2.74. The van der Waals surface area contributed by atoms with E-state index in [1.54, 1.807) is 0 Å². The van der Waals surface area contributed by atoms with Gasteiger partial charge < -0.3 is 4.74 Å². The standard InChI is InChI=1S/C12H13ClO2/c13-6-5-11(14)9-3-4-12-10(8-9)2-1-7-15-12/h3-4,8H,1-2,5-7H2. The average molecular weight is 225 g/mol. The van der Waals surface area contributed by atoms with Crippen LogP contribution < -0.4 is 4.74 Å². The number of ketones is 1. The Bertz CT molecular complexity index is 374. The van der Waals surface area contributed by atoms with Crippen molar-refractivity contribution < 1.29 is 9.53 Å². The molecule has 0 spiro atoms. The lowest BCUT2D eigenvalue weighted by atomic mass is 10.0. The molecule has 0 saturated carbocycles. The summed E-state index contributed by atoms with van der Waals surface area (Å²) in [5.41, 5.74) is 1.89. The number of hydrogen-bond donors (Lipinski definition) is 0. The lowest BCUT2D eigenvalue weighted by molar-refractivity contribution is 0.0989. The van der Waals surface area contributed by atoms with Crippen LogP contribution in [0.5, 0.6) is 5.75 Å². The summed E-state index contributed by atoms with van der Waals surface area (Å²) in [5, 5.41) is 0. The van der Waals surface area contributed by atoms with Gasteiger partial charge in [0.15, 0.2) is 5.78 Å². The molecule has 1 heterocycles. The molecule has 1 aromatic carbocycles. The molecule has 1 aromatic rings. The number of ether oxygens (including phenoxy) is 1. The zero-order valence-corrected chi connectivity index (χ0v) is 9.22. The molecular formula is C12H13ClO2. The highest BCUT2D eigenvalue weighted by Gasteiger charge is 2.13. The van der Waals surface area contributed by atoms with Gasteiger partial charge in [-0.05, 0) is 36.6 Å². The van der Waals surface area contributed by atoms with Gasteiger partial charge in [0.1, 0.15) is 5.75 Å². The van der Waals surface area contributed by atoms with Gasteiger partial charge in [-0.15, -0.1) is 11.6 Å². The van der Waals surface area contributed by atoms with E-state index in [2.05, 4.69) is 0 Å². The Hall–Kier alpha value is -1.02. The number of alkyl halides is 1. The molecule has 80 valence electrons. The van der Waals surface area contributed by atoms with E-state index in [0.29, 0.717) is 12.3 Å². The Morgan fingerprint density at radius 3 is 3.13 bits per heavy atom. The normalized spacial score (nSPS) is 14.2. The zero-order chi connectivity index (χ0) is 10.7. The van der Waals surface area contributed by atoms with Gasteiger partial charge in [-0.3, -0.25) is 4.79 Å². The molecule has 0 saturated heterocycles. The summed E-state index contributed by atoms with van der Waals surface area (Å²) in [6, 6.07) is 5.64. The molecule has 3 heteroatoms. The van der Waals surface area contributed by atoms with E-state index in [4.69, 9.17) is 16.3 Å². The summed E-state index contributed by atoms with van der Waals surface area (Å²) in [5.74, 6) is 1.41. The van der Waals surface area contributed by atoms with Crippen LogP contribution in [0.2, 0.25) is 0 Å². The maximum atomic E-state index is 11.6. The number of halogens is 1. The first kappa shape index (κ1) is 10.5. The molecule has 1 aliphatic rings. The van der Waals surface area contributed by atoms with E-state index in [0.717, 1.165) is 36.3 Å². The lowest BCUT2D eigenvalue weighted by Gasteiger charge is -2.17. The third-order valence-electron chi connectivity index (χ3n) is 2.55. The van der Waals surface area contributed by atoms with Gasteiger partial charge >= 0.3 is 0 Å². The summed E-state index contributed by atoms with van der Waals surface area (Å²) in [7, 11) is 0. The van der Waals surface area contributed by atoms with Crippen LogP contribution in [0.1, 0.15) is 28.8 Å². The highest BCUT2D eigenvalue weighted by molar-refractivity contribution is 6.19. The van der Waals surface area contributed by atoms with Crippen molar-refractivity contribution in [1.82, 2.24) is 0 Å². The number of carbonyl (C=O) groups excluding carboxylic acids is 1. The van der Waals surface area contributed by atoms with Crippen molar-refractivity contribution in [2.24, 2.45) is 0 Å². The molecule has 2 nitrogen and oxygen atoms in total. The monoisotopic (exact) mass is 224 g/mol. The van der Waals surface area contributed by atoms with Gasteiger partial charge in [-0.2, -0.15) is 0 Å². The van der Waals surface area contributed by atoms with Crippen LogP contribution in [0, 0.1) is 0 Å². The van der Waals surface area contributed by atoms with Crippen LogP contribution in [0.3, 0.4) is 0 Å². The molecular weight excluding hydrogens is 212 g/mol. The van der Waals surface area contributed by atoms with Crippen LogP contribution in [0.25, 0.3) is 0 Å². The summed E-state index contributed by atoms with van der Waals surface area (Å²) >= 11 is 5.54. The Morgan fingerprint density at radius 2 is 2.33 bits per heavy atom. The summed E-state index contributed by atoms with van der Waals surface area (Å²) in [6.45, 7) is 0.780. The first-order valence-corrected chi connectivity index (χ1v) is 5.69. The van der Waals surface area contributed by atoms with Crippen molar-refractivity contribution in [1.29, 1.82) is 0 Å². The fourth-order valence-electron chi connectivity index (χ4n) is 1.76. The van der Waals surface area contributed by atoms with E-state index in [1.165, 1.54) is 0 Å². The molecule has 0 N–H and O–H groups in total. The van der Waals surface area contributed by atoms with Gasteiger partial charge in [0.2, 0.25) is 0 Å². The topological polar surface area (TPSA) is 26.3 Å². The molecule has 15 heavy (non-hydrogen) atoms.